The highest BCUT2D eigenvalue weighted by Crippen LogP contribution is 2.40. The van der Waals surface area contributed by atoms with E-state index < -0.39 is 0 Å². The predicted molar refractivity (Wildman–Crippen MR) is 135 cm³/mol. The standard InChI is InChI=1S/C30H36N/c1-19-11-10-12-20(2)27(19)28-23-17-21(29(3,4)5)13-15-25(23)31(9)26-16-14-22(18-24(26)28)30(6,7)8/h10-18H,1-9H3/q+1. The number of pyridine rings is 1. The number of benzene rings is 3. The molecular weight excluding hydrogens is 374 g/mol. The van der Waals surface area contributed by atoms with Crippen LogP contribution in [0.1, 0.15) is 63.8 Å². The molecule has 0 N–H and O–H groups in total. The first-order valence-electron chi connectivity index (χ1n) is 11.4. The van der Waals surface area contributed by atoms with Crippen molar-refractivity contribution in [3.63, 3.8) is 0 Å². The van der Waals surface area contributed by atoms with Gasteiger partial charge < -0.3 is 0 Å². The molecule has 0 radical (unpaired) electrons. The monoisotopic (exact) mass is 410 g/mol. The molecule has 0 aliphatic carbocycles. The Labute approximate surface area is 187 Å². The molecule has 1 heterocycles. The van der Waals surface area contributed by atoms with Crippen molar-refractivity contribution in [3.05, 3.63) is 76.9 Å². The van der Waals surface area contributed by atoms with E-state index in [9.17, 15) is 0 Å². The van der Waals surface area contributed by atoms with Crippen molar-refractivity contribution < 1.29 is 4.57 Å². The highest BCUT2D eigenvalue weighted by atomic mass is 14.9. The topological polar surface area (TPSA) is 3.88 Å². The molecule has 0 saturated heterocycles. The fraction of sp³-hybridized carbons (Fsp3) is 0.367. The molecule has 1 nitrogen and oxygen atoms in total. The summed E-state index contributed by atoms with van der Waals surface area (Å²) in [4.78, 5) is 0. The molecule has 31 heavy (non-hydrogen) atoms. The van der Waals surface area contributed by atoms with Gasteiger partial charge in [0.25, 0.3) is 0 Å². The average molecular weight is 411 g/mol. The van der Waals surface area contributed by atoms with E-state index in [1.165, 1.54) is 55.2 Å². The quantitative estimate of drug-likeness (QED) is 0.224. The highest BCUT2D eigenvalue weighted by Gasteiger charge is 2.25. The Morgan fingerprint density at radius 1 is 0.581 bits per heavy atom. The molecule has 0 bridgehead atoms. The maximum Gasteiger partial charge on any atom is 0.213 e. The van der Waals surface area contributed by atoms with Gasteiger partial charge in [0.05, 0.1) is 10.8 Å². The van der Waals surface area contributed by atoms with Crippen LogP contribution in [0, 0.1) is 13.8 Å². The molecule has 0 aliphatic heterocycles. The number of fused-ring (bicyclic) bond motifs is 2. The van der Waals surface area contributed by atoms with Crippen LogP contribution in [0.5, 0.6) is 0 Å². The third-order valence-electron chi connectivity index (χ3n) is 6.72. The van der Waals surface area contributed by atoms with Crippen LogP contribution in [-0.4, -0.2) is 0 Å². The molecule has 0 amide bonds. The van der Waals surface area contributed by atoms with Gasteiger partial charge in [0.15, 0.2) is 0 Å². The maximum absolute atomic E-state index is 2.43. The van der Waals surface area contributed by atoms with Crippen LogP contribution in [0.4, 0.5) is 0 Å². The van der Waals surface area contributed by atoms with Gasteiger partial charge in [0.2, 0.25) is 11.0 Å². The third kappa shape index (κ3) is 3.65. The highest BCUT2D eigenvalue weighted by molar-refractivity contribution is 6.08. The second kappa shape index (κ2) is 7.19. The van der Waals surface area contributed by atoms with Crippen LogP contribution in [-0.2, 0) is 17.9 Å². The molecule has 1 aromatic heterocycles. The number of rotatable bonds is 1. The summed E-state index contributed by atoms with van der Waals surface area (Å²) in [6.45, 7) is 18.3. The van der Waals surface area contributed by atoms with Gasteiger partial charge in [-0.15, -0.1) is 0 Å². The summed E-state index contributed by atoms with van der Waals surface area (Å²) in [5, 5.41) is 2.68. The van der Waals surface area contributed by atoms with Gasteiger partial charge in [0, 0.05) is 17.7 Å². The fourth-order valence-corrected chi connectivity index (χ4v) is 4.74. The Morgan fingerprint density at radius 3 is 1.39 bits per heavy atom. The molecule has 0 fully saturated rings. The lowest BCUT2D eigenvalue weighted by atomic mass is 9.82. The lowest BCUT2D eigenvalue weighted by molar-refractivity contribution is -0.617. The van der Waals surface area contributed by atoms with Crippen molar-refractivity contribution in [1.29, 1.82) is 0 Å². The summed E-state index contributed by atoms with van der Waals surface area (Å²) in [5.41, 5.74) is 10.9. The second-order valence-electron chi connectivity index (χ2n) is 11.2. The smallest absolute Gasteiger partial charge is 0.194 e. The van der Waals surface area contributed by atoms with Gasteiger partial charge >= 0.3 is 0 Å². The van der Waals surface area contributed by atoms with Gasteiger partial charge in [-0.1, -0.05) is 71.9 Å². The molecule has 3 aromatic carbocycles. The molecule has 0 unspecified atom stereocenters. The zero-order valence-electron chi connectivity index (χ0n) is 20.6. The molecule has 1 heteroatoms. The van der Waals surface area contributed by atoms with Crippen LogP contribution in [0.2, 0.25) is 0 Å². The van der Waals surface area contributed by atoms with E-state index in [0.29, 0.717) is 0 Å². The summed E-state index contributed by atoms with van der Waals surface area (Å²) in [7, 11) is 2.20. The molecule has 0 aliphatic rings. The van der Waals surface area contributed by atoms with E-state index in [2.05, 4.69) is 122 Å². The van der Waals surface area contributed by atoms with E-state index in [0.717, 1.165) is 0 Å². The summed E-state index contributed by atoms with van der Waals surface area (Å²) < 4.78 is 2.36. The van der Waals surface area contributed by atoms with Gasteiger partial charge in [-0.25, -0.2) is 0 Å². The van der Waals surface area contributed by atoms with Crippen molar-refractivity contribution in [2.45, 2.75) is 66.2 Å². The second-order valence-corrected chi connectivity index (χ2v) is 11.2. The fourth-order valence-electron chi connectivity index (χ4n) is 4.74. The number of aromatic nitrogens is 1. The SMILES string of the molecule is Cc1cccc(C)c1-c1c2cc(C(C)(C)C)ccc2[n+](C)c2ccc(C(C)(C)C)cc12. The first-order valence-corrected chi connectivity index (χ1v) is 11.4. The molecule has 0 atom stereocenters. The Bertz CT molecular complexity index is 1220. The summed E-state index contributed by atoms with van der Waals surface area (Å²) in [5.74, 6) is 0. The number of aryl methyl sites for hydroxylation is 3. The van der Waals surface area contributed by atoms with E-state index in [1.807, 2.05) is 0 Å². The Balaban J connectivity index is 2.28. The third-order valence-corrected chi connectivity index (χ3v) is 6.72. The van der Waals surface area contributed by atoms with Gasteiger partial charge in [-0.2, -0.15) is 4.57 Å². The van der Waals surface area contributed by atoms with Gasteiger partial charge in [0.1, 0.15) is 7.05 Å². The van der Waals surface area contributed by atoms with Crippen molar-refractivity contribution in [3.8, 4) is 11.1 Å². The minimum atomic E-state index is 0.104. The van der Waals surface area contributed by atoms with Crippen LogP contribution < -0.4 is 4.57 Å². The van der Waals surface area contributed by atoms with Crippen molar-refractivity contribution in [2.75, 3.05) is 0 Å². The van der Waals surface area contributed by atoms with Crippen LogP contribution in [0.3, 0.4) is 0 Å². The maximum atomic E-state index is 2.43. The number of nitrogens with zero attached hydrogens (tertiary/aromatic N) is 1. The molecular formula is C30H36N+. The minimum Gasteiger partial charge on any atom is -0.194 e. The Hall–Kier alpha value is -2.67. The normalized spacial score (nSPS) is 12.7. The van der Waals surface area contributed by atoms with E-state index in [4.69, 9.17) is 0 Å². The summed E-state index contributed by atoms with van der Waals surface area (Å²) >= 11 is 0. The van der Waals surface area contributed by atoms with Crippen molar-refractivity contribution in [1.82, 2.24) is 0 Å². The lowest BCUT2D eigenvalue weighted by Crippen LogP contribution is -2.31. The average Bonchev–Trinajstić information content (AvgIpc) is 2.68. The molecule has 4 aromatic rings. The zero-order chi connectivity index (χ0) is 22.7. The number of hydrogen-bond acceptors (Lipinski definition) is 0. The summed E-state index contributed by atoms with van der Waals surface area (Å²) in [6, 6.07) is 20.7. The van der Waals surface area contributed by atoms with E-state index in [-0.39, 0.29) is 10.8 Å². The van der Waals surface area contributed by atoms with Gasteiger partial charge in [-0.05, 0) is 64.6 Å². The number of hydrogen-bond donors (Lipinski definition) is 0. The van der Waals surface area contributed by atoms with Gasteiger partial charge in [-0.3, -0.25) is 0 Å². The Morgan fingerprint density at radius 2 is 1.00 bits per heavy atom. The molecule has 160 valence electrons. The van der Waals surface area contributed by atoms with E-state index >= 15 is 0 Å². The zero-order valence-corrected chi connectivity index (χ0v) is 20.6. The summed E-state index contributed by atoms with van der Waals surface area (Å²) in [6.07, 6.45) is 0. The van der Waals surface area contributed by atoms with Crippen molar-refractivity contribution >= 4 is 21.8 Å². The molecule has 0 spiro atoms. The predicted octanol–water partition coefficient (Wildman–Crippen LogP) is 7.70. The Kier molecular flexibility index (Phi) is 5.00. The van der Waals surface area contributed by atoms with Crippen LogP contribution in [0.15, 0.2) is 54.6 Å². The largest absolute Gasteiger partial charge is 0.213 e. The van der Waals surface area contributed by atoms with Crippen LogP contribution >= 0.6 is 0 Å². The first kappa shape index (κ1) is 21.6. The van der Waals surface area contributed by atoms with Crippen molar-refractivity contribution in [2.24, 2.45) is 7.05 Å². The first-order chi connectivity index (χ1) is 14.4. The lowest BCUT2D eigenvalue weighted by Gasteiger charge is -2.22. The minimum absolute atomic E-state index is 0.104. The molecule has 0 saturated carbocycles. The van der Waals surface area contributed by atoms with E-state index in [1.54, 1.807) is 0 Å². The van der Waals surface area contributed by atoms with Crippen LogP contribution in [0.25, 0.3) is 32.9 Å². The molecule has 4 rings (SSSR count).